The van der Waals surface area contributed by atoms with Gasteiger partial charge in [-0.3, -0.25) is 14.6 Å². The molecule has 0 saturated heterocycles. The van der Waals surface area contributed by atoms with Crippen molar-refractivity contribution in [3.05, 3.63) is 23.5 Å². The lowest BCUT2D eigenvalue weighted by Gasteiger charge is -2.27. The molecule has 5 nitrogen and oxygen atoms in total. The van der Waals surface area contributed by atoms with Crippen molar-refractivity contribution in [1.82, 2.24) is 10.3 Å². The number of alkyl halides is 3. The van der Waals surface area contributed by atoms with Gasteiger partial charge in [0.25, 0.3) is 5.91 Å². The van der Waals surface area contributed by atoms with Gasteiger partial charge in [0.2, 0.25) is 0 Å². The summed E-state index contributed by atoms with van der Waals surface area (Å²) in [4.78, 5) is 28.6. The van der Waals surface area contributed by atoms with Crippen LogP contribution in [0.2, 0.25) is 0 Å². The van der Waals surface area contributed by atoms with Crippen LogP contribution in [-0.2, 0) is 4.79 Å². The lowest BCUT2D eigenvalue weighted by Crippen LogP contribution is -2.47. The number of ether oxygens (including phenoxy) is 1. The number of hydrogen-bond donors (Lipinski definition) is 1. The van der Waals surface area contributed by atoms with E-state index in [1.54, 1.807) is 0 Å². The second-order valence-electron chi connectivity index (χ2n) is 8.15. The Morgan fingerprint density at radius 2 is 2.11 bits per heavy atom. The average Bonchev–Trinajstić information content (AvgIpc) is 3.44. The average molecular weight is 382 g/mol. The number of aromatic nitrogens is 1. The molecular formula is C19H21F3N2O3. The van der Waals surface area contributed by atoms with Crippen LogP contribution >= 0.6 is 0 Å². The summed E-state index contributed by atoms with van der Waals surface area (Å²) < 4.78 is 43.8. The number of carbonyl (C=O) groups excluding carboxylic acids is 2. The number of rotatable bonds is 5. The molecule has 0 bridgehead atoms. The Labute approximate surface area is 154 Å². The summed E-state index contributed by atoms with van der Waals surface area (Å²) in [5.41, 5.74) is -0.00983. The van der Waals surface area contributed by atoms with Crippen molar-refractivity contribution in [3.8, 4) is 5.75 Å². The van der Waals surface area contributed by atoms with Gasteiger partial charge in [0.05, 0.1) is 0 Å². The van der Waals surface area contributed by atoms with Crippen molar-refractivity contribution < 1.29 is 27.5 Å². The van der Waals surface area contributed by atoms with Crippen LogP contribution in [0.5, 0.6) is 5.75 Å². The quantitative estimate of drug-likeness (QED) is 0.848. The molecule has 0 spiro atoms. The van der Waals surface area contributed by atoms with Gasteiger partial charge < -0.3 is 10.1 Å². The Morgan fingerprint density at radius 3 is 2.63 bits per heavy atom. The smallest absolute Gasteiger partial charge is 0.425 e. The third-order valence-corrected chi connectivity index (χ3v) is 5.87. The van der Waals surface area contributed by atoms with Crippen LogP contribution in [0.4, 0.5) is 13.2 Å². The van der Waals surface area contributed by atoms with E-state index < -0.39 is 23.7 Å². The van der Waals surface area contributed by atoms with Gasteiger partial charge in [-0.1, -0.05) is 0 Å². The maximum Gasteiger partial charge on any atom is 0.425 e. The largest absolute Gasteiger partial charge is 0.481 e. The number of carbonyl (C=O) groups is 2. The van der Waals surface area contributed by atoms with E-state index in [9.17, 15) is 22.8 Å². The second kappa shape index (κ2) is 5.94. The van der Waals surface area contributed by atoms with Gasteiger partial charge in [0.1, 0.15) is 17.2 Å². The number of nitrogens with one attached hydrogen (secondary N) is 1. The molecule has 0 aliphatic heterocycles. The summed E-state index contributed by atoms with van der Waals surface area (Å²) in [6.07, 6.45) is -2.24. The van der Waals surface area contributed by atoms with Crippen LogP contribution in [0.15, 0.2) is 12.3 Å². The van der Waals surface area contributed by atoms with Gasteiger partial charge in [-0.25, -0.2) is 0 Å². The van der Waals surface area contributed by atoms with E-state index in [2.05, 4.69) is 10.3 Å². The molecule has 4 atom stereocenters. The molecule has 1 aromatic rings. The van der Waals surface area contributed by atoms with E-state index in [0.29, 0.717) is 5.56 Å². The van der Waals surface area contributed by atoms with Gasteiger partial charge >= 0.3 is 6.18 Å². The van der Waals surface area contributed by atoms with Crippen LogP contribution in [0.3, 0.4) is 0 Å². The van der Waals surface area contributed by atoms with Crippen molar-refractivity contribution in [2.45, 2.75) is 63.3 Å². The first-order valence-corrected chi connectivity index (χ1v) is 9.17. The number of halogens is 3. The minimum Gasteiger partial charge on any atom is -0.481 e. The van der Waals surface area contributed by atoms with Crippen LogP contribution in [0.1, 0.15) is 61.5 Å². The topological polar surface area (TPSA) is 68.3 Å². The monoisotopic (exact) mass is 382 g/mol. The van der Waals surface area contributed by atoms with Crippen molar-refractivity contribution in [2.24, 2.45) is 11.8 Å². The van der Waals surface area contributed by atoms with Crippen LogP contribution in [0, 0.1) is 11.8 Å². The number of Topliss-reactive ketones (excluding diaryl/α,β-unsaturated/α-hetero) is 1. The molecule has 3 fully saturated rings. The van der Waals surface area contributed by atoms with Crippen molar-refractivity contribution >= 4 is 11.7 Å². The fourth-order valence-corrected chi connectivity index (χ4v) is 3.97. The Kier molecular flexibility index (Phi) is 4.01. The zero-order valence-corrected chi connectivity index (χ0v) is 15.1. The lowest BCUT2D eigenvalue weighted by atomic mass is 9.95. The predicted octanol–water partition coefficient (Wildman–Crippen LogP) is 3.39. The number of hydrogen-bond acceptors (Lipinski definition) is 4. The number of fused-ring (bicyclic) bond motifs is 1. The molecular weight excluding hydrogens is 361 g/mol. The fourth-order valence-electron chi connectivity index (χ4n) is 3.97. The van der Waals surface area contributed by atoms with Crippen LogP contribution < -0.4 is 10.1 Å². The molecule has 146 valence electrons. The molecule has 0 radical (unpaired) electrons. The highest BCUT2D eigenvalue weighted by Crippen LogP contribution is 2.55. The summed E-state index contributed by atoms with van der Waals surface area (Å²) in [6, 6.07) is 1.29. The Morgan fingerprint density at radius 1 is 1.41 bits per heavy atom. The van der Waals surface area contributed by atoms with E-state index in [1.165, 1.54) is 12.3 Å². The first-order valence-electron chi connectivity index (χ1n) is 9.17. The van der Waals surface area contributed by atoms with Crippen LogP contribution in [-0.4, -0.2) is 34.5 Å². The van der Waals surface area contributed by atoms with E-state index in [0.717, 1.165) is 26.2 Å². The molecule has 27 heavy (non-hydrogen) atoms. The van der Waals surface area contributed by atoms with Crippen LogP contribution in [0.25, 0.3) is 0 Å². The molecule has 1 aromatic heterocycles. The van der Waals surface area contributed by atoms with Gasteiger partial charge in [0, 0.05) is 35.7 Å². The van der Waals surface area contributed by atoms with E-state index in [4.69, 9.17) is 4.74 Å². The lowest BCUT2D eigenvalue weighted by molar-refractivity contribution is -0.189. The highest BCUT2D eigenvalue weighted by atomic mass is 19.4. The zero-order chi connectivity index (χ0) is 19.6. The van der Waals surface area contributed by atoms with Gasteiger partial charge in [-0.05, 0) is 44.9 Å². The normalized spacial score (nSPS) is 30.6. The number of pyridine rings is 1. The Bertz CT molecular complexity index is 806. The minimum absolute atomic E-state index is 0.00143. The highest BCUT2D eigenvalue weighted by molar-refractivity contribution is 5.95. The molecule has 1 amide bonds. The minimum atomic E-state index is -4.49. The fraction of sp³-hybridized carbons (Fsp3) is 0.632. The molecule has 3 aliphatic carbocycles. The van der Waals surface area contributed by atoms with Gasteiger partial charge in [0.15, 0.2) is 6.10 Å². The number of nitrogens with zero attached hydrogens (tertiary/aromatic N) is 1. The summed E-state index contributed by atoms with van der Waals surface area (Å²) in [5, 5.41) is 2.87. The molecule has 3 aliphatic rings. The van der Waals surface area contributed by atoms with E-state index in [-0.39, 0.29) is 41.4 Å². The molecule has 1 heterocycles. The maximum absolute atomic E-state index is 12.9. The Balaban J connectivity index is 1.55. The standard InChI is InChI=1S/C19H21F3N2O3/c1-9(19(20,21)22)27-16-6-14(23-8-12(16)10-3-4-10)17(26)24-18(2)7-15(25)11-5-13(11)18/h6,8-11,13H,3-5,7H2,1-2H3,(H,24,26). The summed E-state index contributed by atoms with van der Waals surface area (Å²) >= 11 is 0. The summed E-state index contributed by atoms with van der Waals surface area (Å²) in [5.74, 6) is 0.0157. The number of amides is 1. The molecule has 3 saturated carbocycles. The molecule has 4 unspecified atom stereocenters. The van der Waals surface area contributed by atoms with Crippen molar-refractivity contribution in [3.63, 3.8) is 0 Å². The first kappa shape index (κ1) is 18.3. The summed E-state index contributed by atoms with van der Waals surface area (Å²) in [7, 11) is 0. The van der Waals surface area contributed by atoms with E-state index in [1.807, 2.05) is 6.92 Å². The van der Waals surface area contributed by atoms with Crippen molar-refractivity contribution in [1.29, 1.82) is 0 Å². The third-order valence-electron chi connectivity index (χ3n) is 5.87. The molecule has 8 heteroatoms. The second-order valence-corrected chi connectivity index (χ2v) is 8.15. The molecule has 0 aromatic carbocycles. The first-order chi connectivity index (χ1) is 12.6. The zero-order valence-electron chi connectivity index (χ0n) is 15.1. The van der Waals surface area contributed by atoms with E-state index >= 15 is 0 Å². The predicted molar refractivity (Wildman–Crippen MR) is 89.4 cm³/mol. The Hall–Kier alpha value is -2.12. The third kappa shape index (κ3) is 3.41. The van der Waals surface area contributed by atoms with Gasteiger partial charge in [-0.15, -0.1) is 0 Å². The summed E-state index contributed by atoms with van der Waals surface area (Å²) in [6.45, 7) is 2.78. The number of ketones is 1. The SMILES string of the molecule is CC(Oc1cc(C(=O)NC2(C)CC(=O)C3CC32)ncc1C1CC1)C(F)(F)F. The molecule has 1 N–H and O–H groups in total. The maximum atomic E-state index is 12.9. The van der Waals surface area contributed by atoms with Crippen molar-refractivity contribution in [2.75, 3.05) is 0 Å². The van der Waals surface area contributed by atoms with Gasteiger partial charge in [-0.2, -0.15) is 13.2 Å². The molecule has 4 rings (SSSR count). The highest BCUT2D eigenvalue weighted by Gasteiger charge is 2.61.